The van der Waals surface area contributed by atoms with Gasteiger partial charge < -0.3 is 0 Å². The minimum atomic E-state index is -0.598. The summed E-state index contributed by atoms with van der Waals surface area (Å²) in [5.74, 6) is -2.99. The lowest BCUT2D eigenvalue weighted by Gasteiger charge is -2.41. The van der Waals surface area contributed by atoms with Crippen molar-refractivity contribution < 1.29 is 19.2 Å². The van der Waals surface area contributed by atoms with Gasteiger partial charge in [-0.05, 0) is 18.3 Å². The Bertz CT molecular complexity index is 493. The molecule has 1 heterocycles. The van der Waals surface area contributed by atoms with Crippen LogP contribution < -0.4 is 0 Å². The predicted molar refractivity (Wildman–Crippen MR) is 62.8 cm³/mol. The lowest BCUT2D eigenvalue weighted by atomic mass is 9.80. The number of carbonyl (C=O) groups is 4. The summed E-state index contributed by atoms with van der Waals surface area (Å²) in [6, 6.07) is 0. The van der Waals surface area contributed by atoms with Crippen molar-refractivity contribution in [2.45, 2.75) is 20.3 Å². The lowest BCUT2D eigenvalue weighted by Crippen LogP contribution is -2.64. The van der Waals surface area contributed by atoms with Gasteiger partial charge in [0.15, 0.2) is 0 Å². The quantitative estimate of drug-likeness (QED) is 0.580. The Morgan fingerprint density at radius 3 is 1.63 bits per heavy atom. The van der Waals surface area contributed by atoms with E-state index >= 15 is 0 Å². The summed E-state index contributed by atoms with van der Waals surface area (Å²) < 4.78 is 0. The monoisotopic (exact) mass is 262 g/mol. The fourth-order valence-corrected chi connectivity index (χ4v) is 3.57. The van der Waals surface area contributed by atoms with Gasteiger partial charge in [0.1, 0.15) is 0 Å². The number of allylic oxidation sites excluding steroid dienone is 2. The highest BCUT2D eigenvalue weighted by molar-refractivity contribution is 6.09. The molecule has 0 N–H and O–H groups in total. The molecule has 1 saturated heterocycles. The number of hydrogen-bond acceptors (Lipinski definition) is 4. The summed E-state index contributed by atoms with van der Waals surface area (Å²) in [5, 5.41) is 1.42. The van der Waals surface area contributed by atoms with E-state index < -0.39 is 35.5 Å². The van der Waals surface area contributed by atoms with E-state index in [0.29, 0.717) is 10.0 Å². The number of fused-ring (bicyclic) bond motifs is 5. The number of carbonyl (C=O) groups excluding carboxylic acids is 4. The summed E-state index contributed by atoms with van der Waals surface area (Å²) in [6.07, 6.45) is 4.64. The SMILES string of the molecule is CC(=O)N1C(=O)[C@@H]2[C@H](C(=O)N1C(C)=O)[C@@H]1C=C[C@H]2C1. The van der Waals surface area contributed by atoms with Crippen LogP contribution in [0.3, 0.4) is 0 Å². The van der Waals surface area contributed by atoms with Crippen molar-refractivity contribution in [3.63, 3.8) is 0 Å². The molecule has 0 aromatic carbocycles. The molecule has 19 heavy (non-hydrogen) atoms. The van der Waals surface area contributed by atoms with Crippen LogP contribution in [-0.2, 0) is 19.2 Å². The lowest BCUT2D eigenvalue weighted by molar-refractivity contribution is -0.191. The van der Waals surface area contributed by atoms with Crippen LogP contribution in [-0.4, -0.2) is 33.6 Å². The van der Waals surface area contributed by atoms with Gasteiger partial charge in [0.05, 0.1) is 11.8 Å². The van der Waals surface area contributed by atoms with Crippen molar-refractivity contribution in [1.29, 1.82) is 0 Å². The maximum Gasteiger partial charge on any atom is 0.253 e. The Kier molecular flexibility index (Phi) is 2.39. The van der Waals surface area contributed by atoms with Crippen molar-refractivity contribution in [3.05, 3.63) is 12.2 Å². The molecule has 0 radical (unpaired) electrons. The molecule has 4 atom stereocenters. The van der Waals surface area contributed by atoms with E-state index in [2.05, 4.69) is 0 Å². The minimum absolute atomic E-state index is 0.0161. The van der Waals surface area contributed by atoms with Crippen molar-refractivity contribution >= 4 is 23.6 Å². The highest BCUT2D eigenvalue weighted by atomic mass is 16.2. The van der Waals surface area contributed by atoms with Gasteiger partial charge in [-0.2, -0.15) is 10.0 Å². The fraction of sp³-hybridized carbons (Fsp3) is 0.538. The first kappa shape index (κ1) is 12.1. The molecule has 0 aromatic heterocycles. The van der Waals surface area contributed by atoms with Gasteiger partial charge in [-0.25, -0.2) is 0 Å². The third kappa shape index (κ3) is 1.42. The number of hydrogen-bond donors (Lipinski definition) is 0. The second kappa shape index (κ2) is 3.76. The van der Waals surface area contributed by atoms with Crippen LogP contribution in [0.1, 0.15) is 20.3 Å². The Balaban J connectivity index is 2.07. The normalized spacial score (nSPS) is 35.9. The topological polar surface area (TPSA) is 74.8 Å². The molecule has 0 aromatic rings. The standard InChI is InChI=1S/C13H14N2O4/c1-6(16)14-12(18)10-8-3-4-9(5-8)11(10)13(19)15(14)7(2)17/h3-4,8-11H,5H2,1-2H3/t8-,9+,10-,11+. The largest absolute Gasteiger partial charge is 0.273 e. The van der Waals surface area contributed by atoms with Crippen LogP contribution >= 0.6 is 0 Å². The van der Waals surface area contributed by atoms with Crippen molar-refractivity contribution in [2.75, 3.05) is 0 Å². The van der Waals surface area contributed by atoms with Crippen molar-refractivity contribution in [3.8, 4) is 0 Å². The van der Waals surface area contributed by atoms with E-state index in [-0.39, 0.29) is 11.8 Å². The summed E-state index contributed by atoms with van der Waals surface area (Å²) in [5.41, 5.74) is 0. The van der Waals surface area contributed by atoms with E-state index in [0.717, 1.165) is 6.42 Å². The molecule has 1 aliphatic heterocycles. The maximum absolute atomic E-state index is 12.4. The first-order chi connectivity index (χ1) is 8.93. The Hall–Kier alpha value is -1.98. The van der Waals surface area contributed by atoms with Crippen molar-refractivity contribution in [1.82, 2.24) is 10.0 Å². The van der Waals surface area contributed by atoms with E-state index in [1.54, 1.807) is 0 Å². The number of nitrogens with zero attached hydrogens (tertiary/aromatic N) is 2. The van der Waals surface area contributed by atoms with Gasteiger partial charge in [0, 0.05) is 13.8 Å². The zero-order valence-electron chi connectivity index (χ0n) is 10.7. The van der Waals surface area contributed by atoms with Gasteiger partial charge in [-0.1, -0.05) is 12.2 Å². The van der Waals surface area contributed by atoms with Gasteiger partial charge in [-0.3, -0.25) is 19.2 Å². The molecule has 0 unspecified atom stereocenters. The molecule has 2 bridgehead atoms. The van der Waals surface area contributed by atoms with Crippen LogP contribution in [0, 0.1) is 23.7 Å². The molecule has 6 nitrogen and oxygen atoms in total. The van der Waals surface area contributed by atoms with Crippen molar-refractivity contribution in [2.24, 2.45) is 23.7 Å². The number of amides is 4. The molecule has 2 fully saturated rings. The molecule has 3 aliphatic rings. The summed E-state index contributed by atoms with van der Waals surface area (Å²) in [7, 11) is 0. The number of rotatable bonds is 0. The van der Waals surface area contributed by atoms with E-state index in [1.165, 1.54) is 13.8 Å². The summed E-state index contributed by atoms with van der Waals surface area (Å²) in [6.45, 7) is 2.37. The highest BCUT2D eigenvalue weighted by Crippen LogP contribution is 2.51. The van der Waals surface area contributed by atoms with E-state index in [1.807, 2.05) is 12.2 Å². The molecule has 3 rings (SSSR count). The molecular weight excluding hydrogens is 248 g/mol. The fourth-order valence-electron chi connectivity index (χ4n) is 3.57. The number of imide groups is 2. The van der Waals surface area contributed by atoms with Gasteiger partial charge in [0.25, 0.3) is 11.8 Å². The minimum Gasteiger partial charge on any atom is -0.273 e. The van der Waals surface area contributed by atoms with Crippen LogP contribution in [0.25, 0.3) is 0 Å². The first-order valence-corrected chi connectivity index (χ1v) is 6.30. The second-order valence-electron chi connectivity index (χ2n) is 5.34. The van der Waals surface area contributed by atoms with Gasteiger partial charge in [-0.15, -0.1) is 0 Å². The molecule has 100 valence electrons. The van der Waals surface area contributed by atoms with Crippen LogP contribution in [0.5, 0.6) is 0 Å². The molecular formula is C13H14N2O4. The average molecular weight is 262 g/mol. The van der Waals surface area contributed by atoms with Crippen LogP contribution in [0.15, 0.2) is 12.2 Å². The molecule has 4 amide bonds. The zero-order chi connectivity index (χ0) is 13.9. The van der Waals surface area contributed by atoms with Crippen LogP contribution in [0.2, 0.25) is 0 Å². The van der Waals surface area contributed by atoms with E-state index in [9.17, 15) is 19.2 Å². The zero-order valence-corrected chi connectivity index (χ0v) is 10.7. The third-order valence-electron chi connectivity index (χ3n) is 4.24. The first-order valence-electron chi connectivity index (χ1n) is 6.30. The van der Waals surface area contributed by atoms with E-state index in [4.69, 9.17) is 0 Å². The Labute approximate surface area is 110 Å². The van der Waals surface area contributed by atoms with Gasteiger partial charge >= 0.3 is 0 Å². The average Bonchev–Trinajstić information content (AvgIpc) is 2.92. The maximum atomic E-state index is 12.4. The van der Waals surface area contributed by atoms with Gasteiger partial charge in [0.2, 0.25) is 11.8 Å². The summed E-state index contributed by atoms with van der Waals surface area (Å²) >= 11 is 0. The Morgan fingerprint density at radius 2 is 1.32 bits per heavy atom. The van der Waals surface area contributed by atoms with Crippen LogP contribution in [0.4, 0.5) is 0 Å². The molecule has 6 heteroatoms. The second-order valence-corrected chi connectivity index (χ2v) is 5.34. The molecule has 1 saturated carbocycles. The summed E-state index contributed by atoms with van der Waals surface area (Å²) in [4.78, 5) is 48.1. The third-order valence-corrected chi connectivity index (χ3v) is 4.24. The smallest absolute Gasteiger partial charge is 0.253 e. The molecule has 0 spiro atoms. The highest BCUT2D eigenvalue weighted by Gasteiger charge is 2.59. The molecule has 2 aliphatic carbocycles. The predicted octanol–water partition coefficient (Wildman–Crippen LogP) is 0.103. The Morgan fingerprint density at radius 1 is 0.947 bits per heavy atom. The number of hydrazine groups is 1.